The molecule has 0 bridgehead atoms. The minimum absolute atomic E-state index is 0.0298. The van der Waals surface area contributed by atoms with Crippen molar-refractivity contribution in [2.45, 2.75) is 38.6 Å². The molecule has 0 aromatic heterocycles. The molecule has 0 spiro atoms. The summed E-state index contributed by atoms with van der Waals surface area (Å²) in [5.74, 6) is 0.535. The minimum atomic E-state index is -3.15. The molecule has 1 saturated heterocycles. The van der Waals surface area contributed by atoms with Crippen molar-refractivity contribution < 1.29 is 13.2 Å². The predicted octanol–water partition coefficient (Wildman–Crippen LogP) is 2.97. The smallest absolute Gasteiger partial charge is 0.223 e. The van der Waals surface area contributed by atoms with E-state index in [1.165, 1.54) is 4.31 Å². The number of carbonyl (C=O) groups excluding carboxylic acids is 1. The molecule has 1 heterocycles. The first kappa shape index (κ1) is 18.7. The number of benzene rings is 1. The van der Waals surface area contributed by atoms with Crippen LogP contribution in [0.4, 0.5) is 0 Å². The van der Waals surface area contributed by atoms with Crippen molar-refractivity contribution in [3.05, 3.63) is 34.9 Å². The molecule has 2 aliphatic rings. The minimum Gasteiger partial charge on any atom is -0.349 e. The Morgan fingerprint density at radius 3 is 2.32 bits per heavy atom. The zero-order chi connectivity index (χ0) is 18.0. The number of piperidine rings is 1. The molecular formula is C18H25ClN2O3S. The topological polar surface area (TPSA) is 66.5 Å². The first-order valence-electron chi connectivity index (χ1n) is 8.94. The Morgan fingerprint density at radius 2 is 1.80 bits per heavy atom. The van der Waals surface area contributed by atoms with Gasteiger partial charge in [-0.3, -0.25) is 4.79 Å². The van der Waals surface area contributed by atoms with Gasteiger partial charge in [0.05, 0.1) is 11.8 Å². The standard InChI is InChI=1S/C18H25ClN2O3S/c1-2-25(23,24)21-11-9-15(10-12-21)18(22)20-17(13-3-4-13)14-5-7-16(19)8-6-14/h5-8,13,15,17H,2-4,9-12H2,1H3,(H,20,22). The number of carbonyl (C=O) groups is 1. The molecule has 1 amide bonds. The van der Waals surface area contributed by atoms with Gasteiger partial charge >= 0.3 is 0 Å². The Hall–Kier alpha value is -1.11. The first-order valence-corrected chi connectivity index (χ1v) is 10.9. The van der Waals surface area contributed by atoms with E-state index in [9.17, 15) is 13.2 Å². The summed E-state index contributed by atoms with van der Waals surface area (Å²) in [7, 11) is -3.15. The Kier molecular flexibility index (Phi) is 5.71. The van der Waals surface area contributed by atoms with Gasteiger partial charge in [-0.1, -0.05) is 23.7 Å². The number of nitrogens with zero attached hydrogens (tertiary/aromatic N) is 1. The molecule has 7 heteroatoms. The van der Waals surface area contributed by atoms with Crippen LogP contribution in [0.25, 0.3) is 0 Å². The van der Waals surface area contributed by atoms with Crippen molar-refractivity contribution in [1.29, 1.82) is 0 Å². The van der Waals surface area contributed by atoms with Crippen molar-refractivity contribution >= 4 is 27.5 Å². The highest BCUT2D eigenvalue weighted by Crippen LogP contribution is 2.41. The van der Waals surface area contributed by atoms with Crippen molar-refractivity contribution in [3.8, 4) is 0 Å². The van der Waals surface area contributed by atoms with E-state index in [1.54, 1.807) is 6.92 Å². The second-order valence-electron chi connectivity index (χ2n) is 6.95. The van der Waals surface area contributed by atoms with Crippen LogP contribution in [0, 0.1) is 11.8 Å². The van der Waals surface area contributed by atoms with Gasteiger partial charge in [0.15, 0.2) is 0 Å². The van der Waals surface area contributed by atoms with E-state index in [0.717, 1.165) is 18.4 Å². The normalized spacial score (nSPS) is 21.0. The molecule has 1 aliphatic carbocycles. The predicted molar refractivity (Wildman–Crippen MR) is 98.8 cm³/mol. The quantitative estimate of drug-likeness (QED) is 0.819. The van der Waals surface area contributed by atoms with Gasteiger partial charge in [0.2, 0.25) is 15.9 Å². The lowest BCUT2D eigenvalue weighted by atomic mass is 9.95. The maximum absolute atomic E-state index is 12.7. The molecule has 1 unspecified atom stereocenters. The van der Waals surface area contributed by atoms with E-state index in [1.807, 2.05) is 24.3 Å². The summed E-state index contributed by atoms with van der Waals surface area (Å²) >= 11 is 5.96. The van der Waals surface area contributed by atoms with Crippen molar-refractivity contribution in [3.63, 3.8) is 0 Å². The van der Waals surface area contributed by atoms with Gasteiger partial charge in [-0.2, -0.15) is 0 Å². The van der Waals surface area contributed by atoms with E-state index in [2.05, 4.69) is 5.32 Å². The number of halogens is 1. The fourth-order valence-corrected chi connectivity index (χ4v) is 4.68. The summed E-state index contributed by atoms with van der Waals surface area (Å²) in [4.78, 5) is 12.7. The number of nitrogens with one attached hydrogen (secondary N) is 1. The lowest BCUT2D eigenvalue weighted by molar-refractivity contribution is -0.127. The Morgan fingerprint density at radius 1 is 1.20 bits per heavy atom. The molecule has 25 heavy (non-hydrogen) atoms. The van der Waals surface area contributed by atoms with Crippen LogP contribution in [0.3, 0.4) is 0 Å². The molecule has 1 aromatic rings. The van der Waals surface area contributed by atoms with Crippen LogP contribution in [0.2, 0.25) is 5.02 Å². The van der Waals surface area contributed by atoms with Gasteiger partial charge in [0.25, 0.3) is 0 Å². The number of sulfonamides is 1. The molecule has 1 saturated carbocycles. The maximum Gasteiger partial charge on any atom is 0.223 e. The molecular weight excluding hydrogens is 360 g/mol. The van der Waals surface area contributed by atoms with Crippen LogP contribution in [0.1, 0.15) is 44.2 Å². The average molecular weight is 385 g/mol. The molecule has 1 N–H and O–H groups in total. The lowest BCUT2D eigenvalue weighted by Gasteiger charge is -2.31. The molecule has 138 valence electrons. The Bertz CT molecular complexity index is 708. The zero-order valence-electron chi connectivity index (χ0n) is 14.4. The van der Waals surface area contributed by atoms with Crippen LogP contribution in [0.5, 0.6) is 0 Å². The van der Waals surface area contributed by atoms with Crippen molar-refractivity contribution in [1.82, 2.24) is 9.62 Å². The van der Waals surface area contributed by atoms with Gasteiger partial charge in [0, 0.05) is 24.0 Å². The third-order valence-electron chi connectivity index (χ3n) is 5.20. The third kappa shape index (κ3) is 4.54. The second-order valence-corrected chi connectivity index (χ2v) is 9.64. The van der Waals surface area contributed by atoms with Crippen LogP contribution in [-0.2, 0) is 14.8 Å². The number of hydrogen-bond acceptors (Lipinski definition) is 3. The van der Waals surface area contributed by atoms with Crippen LogP contribution < -0.4 is 5.32 Å². The molecule has 2 fully saturated rings. The van der Waals surface area contributed by atoms with E-state index in [-0.39, 0.29) is 23.6 Å². The summed E-state index contributed by atoms with van der Waals surface area (Å²) in [5.41, 5.74) is 1.09. The second kappa shape index (κ2) is 7.64. The van der Waals surface area contributed by atoms with Crippen molar-refractivity contribution in [2.75, 3.05) is 18.8 Å². The number of hydrogen-bond donors (Lipinski definition) is 1. The fraction of sp³-hybridized carbons (Fsp3) is 0.611. The third-order valence-corrected chi connectivity index (χ3v) is 7.34. The van der Waals surface area contributed by atoms with Crippen LogP contribution in [-0.4, -0.2) is 37.5 Å². The zero-order valence-corrected chi connectivity index (χ0v) is 16.0. The van der Waals surface area contributed by atoms with E-state index >= 15 is 0 Å². The SMILES string of the molecule is CCS(=O)(=O)N1CCC(C(=O)NC(c2ccc(Cl)cc2)C2CC2)CC1. The Balaban J connectivity index is 1.60. The van der Waals surface area contributed by atoms with Gasteiger partial charge in [-0.15, -0.1) is 0 Å². The van der Waals surface area contributed by atoms with Gasteiger partial charge in [0.1, 0.15) is 0 Å². The molecule has 5 nitrogen and oxygen atoms in total. The largest absolute Gasteiger partial charge is 0.349 e. The molecule has 1 aromatic carbocycles. The highest BCUT2D eigenvalue weighted by atomic mass is 35.5. The molecule has 1 aliphatic heterocycles. The summed E-state index contributed by atoms with van der Waals surface area (Å²) in [6, 6.07) is 7.69. The van der Waals surface area contributed by atoms with Gasteiger partial charge in [-0.25, -0.2) is 12.7 Å². The Labute approximate surface area is 154 Å². The number of amides is 1. The summed E-state index contributed by atoms with van der Waals surface area (Å²) in [6.07, 6.45) is 3.42. The van der Waals surface area contributed by atoms with Crippen LogP contribution in [0.15, 0.2) is 24.3 Å². The molecule has 3 rings (SSSR count). The first-order chi connectivity index (χ1) is 11.9. The monoisotopic (exact) mass is 384 g/mol. The van der Waals surface area contributed by atoms with Gasteiger partial charge < -0.3 is 5.32 Å². The fourth-order valence-electron chi connectivity index (χ4n) is 3.42. The van der Waals surface area contributed by atoms with E-state index in [4.69, 9.17) is 11.6 Å². The summed E-state index contributed by atoms with van der Waals surface area (Å²) < 4.78 is 25.4. The van der Waals surface area contributed by atoms with Gasteiger partial charge in [-0.05, 0) is 56.2 Å². The van der Waals surface area contributed by atoms with Crippen LogP contribution >= 0.6 is 11.6 Å². The molecule has 1 atom stereocenters. The summed E-state index contributed by atoms with van der Waals surface area (Å²) in [6.45, 7) is 2.52. The number of rotatable bonds is 6. The van der Waals surface area contributed by atoms with E-state index < -0.39 is 10.0 Å². The summed E-state index contributed by atoms with van der Waals surface area (Å²) in [5, 5.41) is 3.89. The van der Waals surface area contributed by atoms with E-state index in [0.29, 0.717) is 36.9 Å². The van der Waals surface area contributed by atoms with Crippen molar-refractivity contribution in [2.24, 2.45) is 11.8 Å². The maximum atomic E-state index is 12.7. The highest BCUT2D eigenvalue weighted by Gasteiger charge is 2.36. The lowest BCUT2D eigenvalue weighted by Crippen LogP contribution is -2.44. The average Bonchev–Trinajstić information content (AvgIpc) is 3.45. The molecule has 0 radical (unpaired) electrons. The highest BCUT2D eigenvalue weighted by molar-refractivity contribution is 7.89.